The molecule has 2 atom stereocenters. The largest absolute Gasteiger partial charge is 0.481 e. The summed E-state index contributed by atoms with van der Waals surface area (Å²) in [4.78, 5) is 12.9. The Kier molecular flexibility index (Phi) is 5.28. The van der Waals surface area contributed by atoms with Gasteiger partial charge in [0.2, 0.25) is 0 Å². The van der Waals surface area contributed by atoms with Gasteiger partial charge in [0.1, 0.15) is 0 Å². The van der Waals surface area contributed by atoms with E-state index in [0.29, 0.717) is 12.0 Å². The second-order valence-electron chi connectivity index (χ2n) is 5.64. The van der Waals surface area contributed by atoms with Gasteiger partial charge in [0.15, 0.2) is 11.6 Å². The molecule has 21 heavy (non-hydrogen) atoms. The van der Waals surface area contributed by atoms with Crippen molar-refractivity contribution in [2.24, 2.45) is 0 Å². The number of carbonyl (C=O) groups is 1. The molecule has 0 bridgehead atoms. The maximum atomic E-state index is 14.0. The van der Waals surface area contributed by atoms with Crippen molar-refractivity contribution in [3.63, 3.8) is 0 Å². The Bertz CT molecular complexity index is 507. The number of carboxylic acids is 1. The lowest BCUT2D eigenvalue weighted by atomic mass is 9.94. The highest BCUT2D eigenvalue weighted by atomic mass is 19.2. The lowest BCUT2D eigenvalue weighted by molar-refractivity contribution is -0.137. The van der Waals surface area contributed by atoms with Crippen molar-refractivity contribution >= 4 is 5.97 Å². The second kappa shape index (κ2) is 6.98. The summed E-state index contributed by atoms with van der Waals surface area (Å²) >= 11 is 0. The van der Waals surface area contributed by atoms with Gasteiger partial charge in [-0.3, -0.25) is 9.69 Å². The molecule has 1 aromatic carbocycles. The van der Waals surface area contributed by atoms with Crippen molar-refractivity contribution in [1.82, 2.24) is 4.90 Å². The van der Waals surface area contributed by atoms with Crippen LogP contribution in [0, 0.1) is 11.6 Å². The van der Waals surface area contributed by atoms with Gasteiger partial charge in [0, 0.05) is 24.1 Å². The van der Waals surface area contributed by atoms with Gasteiger partial charge in [0.05, 0.1) is 0 Å². The van der Waals surface area contributed by atoms with Crippen LogP contribution < -0.4 is 0 Å². The summed E-state index contributed by atoms with van der Waals surface area (Å²) in [7, 11) is 0. The highest BCUT2D eigenvalue weighted by molar-refractivity contribution is 5.66. The van der Waals surface area contributed by atoms with Crippen LogP contribution in [-0.2, 0) is 4.79 Å². The van der Waals surface area contributed by atoms with Gasteiger partial charge in [-0.15, -0.1) is 0 Å². The molecular weight excluding hydrogens is 276 g/mol. The van der Waals surface area contributed by atoms with E-state index in [4.69, 9.17) is 5.11 Å². The molecule has 1 aliphatic heterocycles. The van der Waals surface area contributed by atoms with Crippen molar-refractivity contribution in [1.29, 1.82) is 0 Å². The molecule has 1 heterocycles. The Morgan fingerprint density at radius 2 is 2.19 bits per heavy atom. The van der Waals surface area contributed by atoms with Crippen LogP contribution in [0.3, 0.4) is 0 Å². The highest BCUT2D eigenvalue weighted by Gasteiger charge is 2.29. The summed E-state index contributed by atoms with van der Waals surface area (Å²) in [5.41, 5.74) is 0.345. The Balaban J connectivity index is 2.16. The average molecular weight is 297 g/mol. The highest BCUT2D eigenvalue weighted by Crippen LogP contribution is 2.32. The third-order valence-electron chi connectivity index (χ3n) is 4.29. The normalized spacial score (nSPS) is 21.2. The molecule has 1 aromatic rings. The van der Waals surface area contributed by atoms with Gasteiger partial charge in [-0.2, -0.15) is 0 Å². The first-order valence-corrected chi connectivity index (χ1v) is 7.42. The fourth-order valence-corrected chi connectivity index (χ4v) is 3.15. The van der Waals surface area contributed by atoms with Crippen LogP contribution in [0.25, 0.3) is 0 Å². The first-order valence-electron chi connectivity index (χ1n) is 7.42. The van der Waals surface area contributed by atoms with E-state index in [1.165, 1.54) is 6.07 Å². The molecule has 116 valence electrons. The van der Waals surface area contributed by atoms with Gasteiger partial charge in [0.25, 0.3) is 0 Å². The van der Waals surface area contributed by atoms with Crippen molar-refractivity contribution in [2.75, 3.05) is 6.54 Å². The number of benzene rings is 1. The molecule has 1 N–H and O–H groups in total. The third-order valence-corrected chi connectivity index (χ3v) is 4.29. The van der Waals surface area contributed by atoms with E-state index in [1.807, 2.05) is 6.92 Å². The SMILES string of the molecule is CC(c1cccc(F)c1F)N1CCCCC1CCC(=O)O. The minimum atomic E-state index is -0.835. The molecular formula is C16H21F2NO2. The average Bonchev–Trinajstić information content (AvgIpc) is 2.47. The molecule has 0 amide bonds. The van der Waals surface area contributed by atoms with Crippen LogP contribution in [0.15, 0.2) is 18.2 Å². The quantitative estimate of drug-likeness (QED) is 0.900. The van der Waals surface area contributed by atoms with E-state index in [2.05, 4.69) is 4.90 Å². The van der Waals surface area contributed by atoms with E-state index in [9.17, 15) is 13.6 Å². The first kappa shape index (κ1) is 15.9. The van der Waals surface area contributed by atoms with Crippen LogP contribution in [0.1, 0.15) is 50.6 Å². The standard InChI is InChI=1S/C16H21F2NO2/c1-11(13-6-4-7-14(17)16(13)18)19-10-3-2-5-12(19)8-9-15(20)21/h4,6-7,11-12H,2-3,5,8-10H2,1H3,(H,20,21). The fraction of sp³-hybridized carbons (Fsp3) is 0.562. The zero-order valence-corrected chi connectivity index (χ0v) is 12.2. The van der Waals surface area contributed by atoms with Gasteiger partial charge in [-0.25, -0.2) is 8.78 Å². The molecule has 2 unspecified atom stereocenters. The van der Waals surface area contributed by atoms with E-state index in [1.54, 1.807) is 6.07 Å². The van der Waals surface area contributed by atoms with Crippen molar-refractivity contribution < 1.29 is 18.7 Å². The maximum absolute atomic E-state index is 14.0. The minimum absolute atomic E-state index is 0.111. The number of carboxylic acid groups (broad SMARTS) is 1. The Hall–Kier alpha value is -1.49. The smallest absolute Gasteiger partial charge is 0.303 e. The van der Waals surface area contributed by atoms with Crippen LogP contribution >= 0.6 is 0 Å². The van der Waals surface area contributed by atoms with Gasteiger partial charge >= 0.3 is 5.97 Å². The van der Waals surface area contributed by atoms with Gasteiger partial charge in [-0.05, 0) is 38.8 Å². The fourth-order valence-electron chi connectivity index (χ4n) is 3.15. The number of likely N-dealkylation sites (tertiary alicyclic amines) is 1. The molecule has 1 saturated heterocycles. The van der Waals surface area contributed by atoms with Crippen LogP contribution in [0.4, 0.5) is 8.78 Å². The molecule has 0 radical (unpaired) electrons. The summed E-state index contributed by atoms with van der Waals surface area (Å²) in [5.74, 6) is -2.45. The minimum Gasteiger partial charge on any atom is -0.481 e. The Labute approximate surface area is 123 Å². The number of piperidine rings is 1. The number of halogens is 2. The summed E-state index contributed by atoms with van der Waals surface area (Å²) in [6.07, 6.45) is 3.63. The predicted octanol–water partition coefficient (Wildman–Crippen LogP) is 3.75. The van der Waals surface area contributed by atoms with Crippen LogP contribution in [0.2, 0.25) is 0 Å². The summed E-state index contributed by atoms with van der Waals surface area (Å²) in [6.45, 7) is 2.65. The van der Waals surface area contributed by atoms with E-state index in [-0.39, 0.29) is 18.5 Å². The van der Waals surface area contributed by atoms with Crippen molar-refractivity contribution in [3.8, 4) is 0 Å². The molecule has 0 spiro atoms. The van der Waals surface area contributed by atoms with E-state index < -0.39 is 17.6 Å². The van der Waals surface area contributed by atoms with E-state index >= 15 is 0 Å². The Morgan fingerprint density at radius 1 is 1.43 bits per heavy atom. The molecule has 1 aliphatic rings. The lowest BCUT2D eigenvalue weighted by Gasteiger charge is -2.40. The topological polar surface area (TPSA) is 40.5 Å². The number of hydrogen-bond donors (Lipinski definition) is 1. The maximum Gasteiger partial charge on any atom is 0.303 e. The Morgan fingerprint density at radius 3 is 2.90 bits per heavy atom. The van der Waals surface area contributed by atoms with Crippen molar-refractivity contribution in [2.45, 2.75) is 51.1 Å². The molecule has 0 aromatic heterocycles. The van der Waals surface area contributed by atoms with E-state index in [0.717, 1.165) is 31.9 Å². The first-order chi connectivity index (χ1) is 10.0. The van der Waals surface area contributed by atoms with Crippen LogP contribution in [0.5, 0.6) is 0 Å². The second-order valence-corrected chi connectivity index (χ2v) is 5.64. The summed E-state index contributed by atoms with van der Waals surface area (Å²) in [5, 5.41) is 8.84. The predicted molar refractivity (Wildman–Crippen MR) is 76.0 cm³/mol. The van der Waals surface area contributed by atoms with Gasteiger partial charge < -0.3 is 5.11 Å². The van der Waals surface area contributed by atoms with Gasteiger partial charge in [-0.1, -0.05) is 18.6 Å². The molecule has 2 rings (SSSR count). The molecule has 0 aliphatic carbocycles. The van der Waals surface area contributed by atoms with Crippen LogP contribution in [-0.4, -0.2) is 28.6 Å². The molecule has 1 fully saturated rings. The lowest BCUT2D eigenvalue weighted by Crippen LogP contribution is -2.41. The zero-order valence-electron chi connectivity index (χ0n) is 12.2. The third kappa shape index (κ3) is 3.79. The molecule has 3 nitrogen and oxygen atoms in total. The number of aliphatic carboxylic acids is 1. The number of rotatable bonds is 5. The number of nitrogens with zero attached hydrogens (tertiary/aromatic N) is 1. The monoisotopic (exact) mass is 297 g/mol. The van der Waals surface area contributed by atoms with Crippen molar-refractivity contribution in [3.05, 3.63) is 35.4 Å². The number of hydrogen-bond acceptors (Lipinski definition) is 2. The molecule has 0 saturated carbocycles. The summed E-state index contributed by atoms with van der Waals surface area (Å²) in [6, 6.07) is 4.10. The molecule has 5 heteroatoms. The zero-order chi connectivity index (χ0) is 15.4. The summed E-state index contributed by atoms with van der Waals surface area (Å²) < 4.78 is 27.3.